The Morgan fingerprint density at radius 1 is 1.14 bits per heavy atom. The van der Waals surface area contributed by atoms with E-state index in [-0.39, 0.29) is 4.90 Å². The number of morpholine rings is 1. The third-order valence-corrected chi connectivity index (χ3v) is 6.18. The van der Waals surface area contributed by atoms with Crippen LogP contribution in [-0.4, -0.2) is 50.1 Å². The van der Waals surface area contributed by atoms with E-state index in [1.54, 1.807) is 12.1 Å². The maximum atomic E-state index is 12.5. The highest BCUT2D eigenvalue weighted by molar-refractivity contribution is 7.89. The number of nitrogens with zero attached hydrogens (tertiary/aromatic N) is 2. The van der Waals surface area contributed by atoms with Crippen LogP contribution >= 0.6 is 0 Å². The smallest absolute Gasteiger partial charge is 0.244 e. The zero-order valence-electron chi connectivity index (χ0n) is 12.7. The summed E-state index contributed by atoms with van der Waals surface area (Å²) in [6.45, 7) is 1.72. The van der Waals surface area contributed by atoms with Gasteiger partial charge in [-0.3, -0.25) is 0 Å². The van der Waals surface area contributed by atoms with Crippen molar-refractivity contribution in [1.29, 1.82) is 0 Å². The lowest BCUT2D eigenvalue weighted by Crippen LogP contribution is -2.40. The molecule has 2 fully saturated rings. The zero-order valence-corrected chi connectivity index (χ0v) is 13.5. The number of pyridine rings is 1. The van der Waals surface area contributed by atoms with Gasteiger partial charge in [0.1, 0.15) is 10.7 Å². The first-order valence-corrected chi connectivity index (χ1v) is 9.41. The normalized spacial score (nSPS) is 21.6. The number of rotatable bonds is 4. The second-order valence-electron chi connectivity index (χ2n) is 5.87. The van der Waals surface area contributed by atoms with Crippen LogP contribution in [0.4, 0.5) is 5.82 Å². The second-order valence-corrected chi connectivity index (χ2v) is 7.81. The molecule has 6 nitrogen and oxygen atoms in total. The summed E-state index contributed by atoms with van der Waals surface area (Å²) in [4.78, 5) is 4.54. The molecule has 0 unspecified atom stereocenters. The summed E-state index contributed by atoms with van der Waals surface area (Å²) in [7, 11) is -3.45. The first-order valence-electron chi connectivity index (χ1n) is 7.97. The SMILES string of the molecule is O=S(=O)(c1ccc(NC2CCCCC2)nc1)N1CCOCC1. The Hall–Kier alpha value is -1.18. The number of hydrogen-bond acceptors (Lipinski definition) is 5. The molecule has 0 amide bonds. The van der Waals surface area contributed by atoms with E-state index in [1.165, 1.54) is 29.8 Å². The van der Waals surface area contributed by atoms with Gasteiger partial charge in [-0.15, -0.1) is 0 Å². The lowest BCUT2D eigenvalue weighted by atomic mass is 9.95. The van der Waals surface area contributed by atoms with Gasteiger partial charge in [0, 0.05) is 25.3 Å². The average Bonchev–Trinajstić information content (AvgIpc) is 2.57. The Balaban J connectivity index is 1.67. The van der Waals surface area contributed by atoms with E-state index in [2.05, 4.69) is 10.3 Å². The highest BCUT2D eigenvalue weighted by Crippen LogP contribution is 2.22. The van der Waals surface area contributed by atoms with Crippen molar-refractivity contribution in [2.24, 2.45) is 0 Å². The molecule has 0 radical (unpaired) electrons. The fourth-order valence-corrected chi connectivity index (χ4v) is 4.36. The topological polar surface area (TPSA) is 71.5 Å². The van der Waals surface area contributed by atoms with Crippen LogP contribution in [0.1, 0.15) is 32.1 Å². The second kappa shape index (κ2) is 6.93. The lowest BCUT2D eigenvalue weighted by molar-refractivity contribution is 0.0730. The van der Waals surface area contributed by atoms with Gasteiger partial charge in [0.15, 0.2) is 0 Å². The van der Waals surface area contributed by atoms with Gasteiger partial charge in [-0.2, -0.15) is 4.31 Å². The Morgan fingerprint density at radius 3 is 2.50 bits per heavy atom. The number of hydrogen-bond donors (Lipinski definition) is 1. The van der Waals surface area contributed by atoms with Crippen molar-refractivity contribution in [3.63, 3.8) is 0 Å². The Morgan fingerprint density at radius 2 is 1.86 bits per heavy atom. The molecular formula is C15H23N3O3S. The fourth-order valence-electron chi connectivity index (χ4n) is 3.01. The highest BCUT2D eigenvalue weighted by atomic mass is 32.2. The molecule has 22 heavy (non-hydrogen) atoms. The molecule has 1 aromatic rings. The van der Waals surface area contributed by atoms with Crippen LogP contribution in [0.15, 0.2) is 23.2 Å². The molecule has 1 N–H and O–H groups in total. The lowest BCUT2D eigenvalue weighted by Gasteiger charge is -2.26. The van der Waals surface area contributed by atoms with Gasteiger partial charge in [-0.05, 0) is 25.0 Å². The van der Waals surface area contributed by atoms with Crippen LogP contribution < -0.4 is 5.32 Å². The van der Waals surface area contributed by atoms with Crippen molar-refractivity contribution in [1.82, 2.24) is 9.29 Å². The van der Waals surface area contributed by atoms with Crippen LogP contribution in [-0.2, 0) is 14.8 Å². The summed E-state index contributed by atoms with van der Waals surface area (Å²) in [5.74, 6) is 0.757. The van der Waals surface area contributed by atoms with E-state index in [1.807, 2.05) is 0 Å². The fraction of sp³-hybridized carbons (Fsp3) is 0.667. The van der Waals surface area contributed by atoms with Crippen LogP contribution in [0.3, 0.4) is 0 Å². The van der Waals surface area contributed by atoms with Gasteiger partial charge >= 0.3 is 0 Å². The van der Waals surface area contributed by atoms with Crippen LogP contribution in [0.25, 0.3) is 0 Å². The molecule has 0 atom stereocenters. The summed E-state index contributed by atoms with van der Waals surface area (Å²) in [6, 6.07) is 3.87. The first kappa shape index (κ1) is 15.7. The molecule has 2 aliphatic rings. The van der Waals surface area contributed by atoms with E-state index >= 15 is 0 Å². The van der Waals surface area contributed by atoms with Gasteiger partial charge in [-0.1, -0.05) is 19.3 Å². The van der Waals surface area contributed by atoms with E-state index in [9.17, 15) is 8.42 Å². The molecule has 0 bridgehead atoms. The van der Waals surface area contributed by atoms with E-state index in [0.717, 1.165) is 18.7 Å². The minimum Gasteiger partial charge on any atom is -0.379 e. The van der Waals surface area contributed by atoms with Gasteiger partial charge in [0.05, 0.1) is 13.2 Å². The first-order chi connectivity index (χ1) is 10.7. The number of sulfonamides is 1. The van der Waals surface area contributed by atoms with Gasteiger partial charge < -0.3 is 10.1 Å². The third kappa shape index (κ3) is 3.59. The van der Waals surface area contributed by atoms with Crippen LogP contribution in [0.2, 0.25) is 0 Å². The van der Waals surface area contributed by atoms with Crippen molar-refractivity contribution >= 4 is 15.8 Å². The molecule has 1 saturated heterocycles. The van der Waals surface area contributed by atoms with Crippen molar-refractivity contribution in [3.8, 4) is 0 Å². The van der Waals surface area contributed by atoms with Gasteiger partial charge in [0.25, 0.3) is 0 Å². The maximum Gasteiger partial charge on any atom is 0.244 e. The quantitative estimate of drug-likeness (QED) is 0.915. The standard InChI is InChI=1S/C15H23N3O3S/c19-22(20,18-8-10-21-11-9-18)14-6-7-15(16-12-14)17-13-4-2-1-3-5-13/h6-7,12-13H,1-5,8-11H2,(H,16,17). The molecule has 122 valence electrons. The summed E-state index contributed by atoms with van der Waals surface area (Å²) >= 11 is 0. The molecule has 1 aromatic heterocycles. The summed E-state index contributed by atoms with van der Waals surface area (Å²) in [5, 5.41) is 3.40. The summed E-state index contributed by atoms with van der Waals surface area (Å²) in [5.41, 5.74) is 0. The molecule has 0 aromatic carbocycles. The number of anilines is 1. The predicted octanol–water partition coefficient (Wildman–Crippen LogP) is 1.85. The Bertz CT molecular complexity index is 577. The molecule has 1 saturated carbocycles. The van der Waals surface area contributed by atoms with Crippen molar-refractivity contribution < 1.29 is 13.2 Å². The van der Waals surface area contributed by atoms with E-state index in [0.29, 0.717) is 32.3 Å². The predicted molar refractivity (Wildman–Crippen MR) is 84.3 cm³/mol. The highest BCUT2D eigenvalue weighted by Gasteiger charge is 2.26. The van der Waals surface area contributed by atoms with Crippen molar-refractivity contribution in [2.75, 3.05) is 31.6 Å². The Labute approximate surface area is 131 Å². The number of nitrogens with one attached hydrogen (secondary N) is 1. The minimum absolute atomic E-state index is 0.253. The zero-order chi connectivity index (χ0) is 15.4. The average molecular weight is 325 g/mol. The molecule has 3 rings (SSSR count). The van der Waals surface area contributed by atoms with Gasteiger partial charge in [-0.25, -0.2) is 13.4 Å². The monoisotopic (exact) mass is 325 g/mol. The molecule has 7 heteroatoms. The molecular weight excluding hydrogens is 302 g/mol. The summed E-state index contributed by atoms with van der Waals surface area (Å²) < 4.78 is 31.7. The van der Waals surface area contributed by atoms with E-state index < -0.39 is 10.0 Å². The van der Waals surface area contributed by atoms with Crippen LogP contribution in [0, 0.1) is 0 Å². The minimum atomic E-state index is -3.45. The maximum absolute atomic E-state index is 12.5. The molecule has 2 heterocycles. The number of aromatic nitrogens is 1. The Kier molecular flexibility index (Phi) is 4.95. The number of ether oxygens (including phenoxy) is 1. The third-order valence-electron chi connectivity index (χ3n) is 4.30. The van der Waals surface area contributed by atoms with E-state index in [4.69, 9.17) is 4.74 Å². The van der Waals surface area contributed by atoms with Crippen LogP contribution in [0.5, 0.6) is 0 Å². The van der Waals surface area contributed by atoms with Crippen molar-refractivity contribution in [3.05, 3.63) is 18.3 Å². The largest absolute Gasteiger partial charge is 0.379 e. The summed E-state index contributed by atoms with van der Waals surface area (Å²) in [6.07, 6.45) is 7.59. The van der Waals surface area contributed by atoms with Gasteiger partial charge in [0.2, 0.25) is 10.0 Å². The molecule has 0 spiro atoms. The molecule has 1 aliphatic heterocycles. The van der Waals surface area contributed by atoms with Crippen molar-refractivity contribution in [2.45, 2.75) is 43.0 Å². The molecule has 1 aliphatic carbocycles.